The molecule has 82 valence electrons. The third-order valence-electron chi connectivity index (χ3n) is 2.19. The van der Waals surface area contributed by atoms with Crippen LogP contribution in [0.3, 0.4) is 0 Å². The fraction of sp³-hybridized carbons (Fsp3) is 0.500. The molecular weight excluding hydrogens is 188 g/mol. The largest absolute Gasteiger partial charge is 0.352 e. The number of carbonyl (C=O) groups is 1. The minimum absolute atomic E-state index is 0.0219. The molecule has 1 N–H and O–H groups in total. The maximum atomic E-state index is 11.7. The van der Waals surface area contributed by atoms with Crippen LogP contribution < -0.4 is 5.32 Å². The second-order valence-corrected chi connectivity index (χ2v) is 4.02. The molecule has 1 aliphatic rings. The summed E-state index contributed by atoms with van der Waals surface area (Å²) in [5.74, 6) is 0.642. The summed E-state index contributed by atoms with van der Waals surface area (Å²) in [6.07, 6.45) is 8.70. The molecule has 15 heavy (non-hydrogen) atoms. The van der Waals surface area contributed by atoms with E-state index in [-0.39, 0.29) is 5.91 Å². The van der Waals surface area contributed by atoms with Gasteiger partial charge in [-0.1, -0.05) is 19.9 Å². The van der Waals surface area contributed by atoms with Gasteiger partial charge >= 0.3 is 0 Å². The van der Waals surface area contributed by atoms with E-state index in [0.29, 0.717) is 12.3 Å². The molecule has 1 aliphatic heterocycles. The Morgan fingerprint density at radius 1 is 1.60 bits per heavy atom. The number of amides is 1. The van der Waals surface area contributed by atoms with E-state index in [4.69, 9.17) is 0 Å². The Labute approximate surface area is 91.0 Å². The van der Waals surface area contributed by atoms with Crippen molar-refractivity contribution in [1.29, 1.82) is 0 Å². The second-order valence-electron chi connectivity index (χ2n) is 4.02. The van der Waals surface area contributed by atoms with Crippen LogP contribution in [-0.4, -0.2) is 18.7 Å². The number of nitrogens with zero attached hydrogens (tertiary/aromatic N) is 1. The fourth-order valence-corrected chi connectivity index (χ4v) is 1.25. The summed E-state index contributed by atoms with van der Waals surface area (Å²) in [5, 5.41) is 2.91. The Bertz CT molecular complexity index is 301. The van der Waals surface area contributed by atoms with Crippen LogP contribution in [0.25, 0.3) is 0 Å². The molecule has 0 unspecified atom stereocenters. The van der Waals surface area contributed by atoms with E-state index in [1.807, 2.05) is 6.08 Å². The predicted octanol–water partition coefficient (Wildman–Crippen LogP) is 2.06. The van der Waals surface area contributed by atoms with Crippen molar-refractivity contribution in [2.24, 2.45) is 10.9 Å². The number of allylic oxidation sites excluding steroid dienone is 2. The standard InChI is InChI=1S/C12H18N2O/c1-10(2)5-9-14-12(15)11-4-3-7-13-8-6-11/h3,6-8,10H,4-5,9H2,1-2H3,(H,14,15). The topological polar surface area (TPSA) is 41.5 Å². The maximum absolute atomic E-state index is 11.7. The Hall–Kier alpha value is -1.38. The molecule has 0 radical (unpaired) electrons. The summed E-state index contributed by atoms with van der Waals surface area (Å²) in [5.41, 5.74) is 0.774. The van der Waals surface area contributed by atoms with Gasteiger partial charge in [0, 0.05) is 24.5 Å². The Kier molecular flexibility index (Phi) is 4.81. The Balaban J connectivity index is 2.36. The number of nitrogens with one attached hydrogen (secondary N) is 1. The SMILES string of the molecule is CC(C)CCNC(=O)C1=CC=NC=CC1. The minimum atomic E-state index is 0.0219. The number of carbonyl (C=O) groups excluding carboxylic acids is 1. The van der Waals surface area contributed by atoms with Crippen molar-refractivity contribution in [1.82, 2.24) is 5.32 Å². The molecule has 1 amide bonds. The zero-order chi connectivity index (χ0) is 11.1. The summed E-state index contributed by atoms with van der Waals surface area (Å²) in [4.78, 5) is 15.6. The Morgan fingerprint density at radius 2 is 2.40 bits per heavy atom. The normalized spacial score (nSPS) is 15.0. The summed E-state index contributed by atoms with van der Waals surface area (Å²) in [7, 11) is 0. The van der Waals surface area contributed by atoms with E-state index in [0.717, 1.165) is 18.5 Å². The molecule has 1 rings (SSSR count). The van der Waals surface area contributed by atoms with Crippen LogP contribution in [0.5, 0.6) is 0 Å². The maximum Gasteiger partial charge on any atom is 0.247 e. The van der Waals surface area contributed by atoms with Gasteiger partial charge in [0.2, 0.25) is 5.91 Å². The van der Waals surface area contributed by atoms with Gasteiger partial charge in [-0.15, -0.1) is 0 Å². The van der Waals surface area contributed by atoms with E-state index in [1.165, 1.54) is 0 Å². The third-order valence-corrected chi connectivity index (χ3v) is 2.19. The van der Waals surface area contributed by atoms with Gasteiger partial charge in [-0.05, 0) is 24.8 Å². The van der Waals surface area contributed by atoms with E-state index < -0.39 is 0 Å². The van der Waals surface area contributed by atoms with E-state index in [1.54, 1.807) is 18.5 Å². The van der Waals surface area contributed by atoms with Gasteiger partial charge in [-0.2, -0.15) is 0 Å². The Morgan fingerprint density at radius 3 is 3.13 bits per heavy atom. The first kappa shape index (κ1) is 11.7. The lowest BCUT2D eigenvalue weighted by molar-refractivity contribution is -0.117. The van der Waals surface area contributed by atoms with Crippen LogP contribution in [0.15, 0.2) is 28.9 Å². The molecule has 3 nitrogen and oxygen atoms in total. The summed E-state index contributed by atoms with van der Waals surface area (Å²) in [6, 6.07) is 0. The molecule has 0 atom stereocenters. The van der Waals surface area contributed by atoms with Crippen LogP contribution in [0.4, 0.5) is 0 Å². The van der Waals surface area contributed by atoms with Gasteiger partial charge in [0.25, 0.3) is 0 Å². The van der Waals surface area contributed by atoms with E-state index >= 15 is 0 Å². The second kappa shape index (κ2) is 6.17. The molecule has 0 aromatic carbocycles. The molecule has 0 aromatic rings. The van der Waals surface area contributed by atoms with Crippen molar-refractivity contribution in [3.63, 3.8) is 0 Å². The number of hydrogen-bond donors (Lipinski definition) is 1. The van der Waals surface area contributed by atoms with Gasteiger partial charge in [-0.3, -0.25) is 9.79 Å². The van der Waals surface area contributed by atoms with Crippen LogP contribution >= 0.6 is 0 Å². The van der Waals surface area contributed by atoms with Crippen molar-refractivity contribution in [2.45, 2.75) is 26.7 Å². The third kappa shape index (κ3) is 4.58. The van der Waals surface area contributed by atoms with E-state index in [2.05, 4.69) is 24.2 Å². The smallest absolute Gasteiger partial charge is 0.247 e. The zero-order valence-corrected chi connectivity index (χ0v) is 9.36. The van der Waals surface area contributed by atoms with Crippen molar-refractivity contribution in [3.05, 3.63) is 23.9 Å². The van der Waals surface area contributed by atoms with Crippen molar-refractivity contribution in [3.8, 4) is 0 Å². The highest BCUT2D eigenvalue weighted by Gasteiger charge is 2.07. The average molecular weight is 206 g/mol. The molecule has 0 spiro atoms. The minimum Gasteiger partial charge on any atom is -0.352 e. The van der Waals surface area contributed by atoms with Gasteiger partial charge in [0.15, 0.2) is 0 Å². The average Bonchev–Trinajstić information content (AvgIpc) is 2.44. The molecule has 0 bridgehead atoms. The summed E-state index contributed by atoms with van der Waals surface area (Å²) < 4.78 is 0. The van der Waals surface area contributed by atoms with Crippen LogP contribution in [0.1, 0.15) is 26.7 Å². The molecule has 0 saturated heterocycles. The number of hydrogen-bond acceptors (Lipinski definition) is 2. The highest BCUT2D eigenvalue weighted by molar-refractivity contribution is 5.97. The fourth-order valence-electron chi connectivity index (χ4n) is 1.25. The number of aliphatic imine (C=N–C) groups is 1. The van der Waals surface area contributed by atoms with E-state index in [9.17, 15) is 4.79 Å². The molecule has 3 heteroatoms. The number of rotatable bonds is 4. The molecule has 0 saturated carbocycles. The van der Waals surface area contributed by atoms with Crippen LogP contribution in [-0.2, 0) is 4.79 Å². The predicted molar refractivity (Wildman–Crippen MR) is 62.8 cm³/mol. The lowest BCUT2D eigenvalue weighted by Gasteiger charge is -2.08. The molecule has 0 fully saturated rings. The molecule has 1 heterocycles. The molecular formula is C12H18N2O. The van der Waals surface area contributed by atoms with Crippen molar-refractivity contribution >= 4 is 12.1 Å². The quantitative estimate of drug-likeness (QED) is 0.751. The first-order valence-electron chi connectivity index (χ1n) is 5.35. The summed E-state index contributed by atoms with van der Waals surface area (Å²) >= 11 is 0. The van der Waals surface area contributed by atoms with Gasteiger partial charge in [-0.25, -0.2) is 0 Å². The summed E-state index contributed by atoms with van der Waals surface area (Å²) in [6.45, 7) is 5.04. The van der Waals surface area contributed by atoms with Gasteiger partial charge in [0.1, 0.15) is 0 Å². The molecule has 0 aromatic heterocycles. The molecule has 0 aliphatic carbocycles. The monoisotopic (exact) mass is 206 g/mol. The van der Waals surface area contributed by atoms with Gasteiger partial charge < -0.3 is 5.32 Å². The lowest BCUT2D eigenvalue weighted by atomic mass is 10.1. The zero-order valence-electron chi connectivity index (χ0n) is 9.36. The van der Waals surface area contributed by atoms with Crippen molar-refractivity contribution in [2.75, 3.05) is 6.54 Å². The van der Waals surface area contributed by atoms with Gasteiger partial charge in [0.05, 0.1) is 0 Å². The van der Waals surface area contributed by atoms with Crippen LogP contribution in [0.2, 0.25) is 0 Å². The highest BCUT2D eigenvalue weighted by atomic mass is 16.1. The first-order valence-corrected chi connectivity index (χ1v) is 5.35. The van der Waals surface area contributed by atoms with Crippen LogP contribution in [0, 0.1) is 5.92 Å². The first-order chi connectivity index (χ1) is 7.20. The lowest BCUT2D eigenvalue weighted by Crippen LogP contribution is -2.26. The highest BCUT2D eigenvalue weighted by Crippen LogP contribution is 2.05. The van der Waals surface area contributed by atoms with Crippen molar-refractivity contribution < 1.29 is 4.79 Å².